The van der Waals surface area contributed by atoms with E-state index in [1.54, 1.807) is 12.4 Å². The van der Waals surface area contributed by atoms with Gasteiger partial charge in [0.15, 0.2) is 11.6 Å². The van der Waals surface area contributed by atoms with Crippen LogP contribution in [0.1, 0.15) is 29.7 Å². The van der Waals surface area contributed by atoms with Gasteiger partial charge in [0.25, 0.3) is 0 Å². The van der Waals surface area contributed by atoms with Crippen molar-refractivity contribution in [1.29, 1.82) is 0 Å². The Morgan fingerprint density at radius 1 is 1.12 bits per heavy atom. The second-order valence-electron chi connectivity index (χ2n) is 8.60. The van der Waals surface area contributed by atoms with Gasteiger partial charge in [-0.15, -0.1) is 16.4 Å². The molecular formula is C24H25N7S. The van der Waals surface area contributed by atoms with Crippen LogP contribution >= 0.6 is 11.3 Å². The number of aryl methyl sites for hydroxylation is 2. The predicted octanol–water partition coefficient (Wildman–Crippen LogP) is 4.14. The lowest BCUT2D eigenvalue weighted by Gasteiger charge is -2.30. The van der Waals surface area contributed by atoms with Gasteiger partial charge in [0.1, 0.15) is 10.6 Å². The molecule has 0 amide bonds. The van der Waals surface area contributed by atoms with Crippen LogP contribution in [0.4, 0.5) is 11.6 Å². The number of hydrogen-bond donors (Lipinski definition) is 0. The summed E-state index contributed by atoms with van der Waals surface area (Å²) >= 11 is 1.84. The van der Waals surface area contributed by atoms with Gasteiger partial charge in [0.05, 0.1) is 5.39 Å². The summed E-state index contributed by atoms with van der Waals surface area (Å²) in [6.07, 6.45) is 11.2. The normalized spacial score (nSPS) is 17.8. The van der Waals surface area contributed by atoms with Crippen molar-refractivity contribution in [3.8, 4) is 11.4 Å². The first-order valence-corrected chi connectivity index (χ1v) is 12.1. The average Bonchev–Trinajstić information content (AvgIpc) is 3.56. The minimum Gasteiger partial charge on any atom is -0.357 e. The van der Waals surface area contributed by atoms with Crippen LogP contribution < -0.4 is 9.80 Å². The highest BCUT2D eigenvalue weighted by Crippen LogP contribution is 2.41. The van der Waals surface area contributed by atoms with Crippen molar-refractivity contribution in [1.82, 2.24) is 25.1 Å². The predicted molar refractivity (Wildman–Crippen MR) is 128 cm³/mol. The summed E-state index contributed by atoms with van der Waals surface area (Å²) in [6.45, 7) is 1.91. The Hall–Kier alpha value is -3.13. The van der Waals surface area contributed by atoms with Crippen LogP contribution in [0, 0.1) is 0 Å². The summed E-state index contributed by atoms with van der Waals surface area (Å²) in [4.78, 5) is 21.6. The number of thiophene rings is 1. The first kappa shape index (κ1) is 19.5. The van der Waals surface area contributed by atoms with Gasteiger partial charge in [-0.1, -0.05) is 0 Å². The van der Waals surface area contributed by atoms with Crippen LogP contribution in [0.15, 0.2) is 42.9 Å². The smallest absolute Gasteiger partial charge is 0.164 e. The molecule has 1 saturated heterocycles. The zero-order chi connectivity index (χ0) is 21.5. The van der Waals surface area contributed by atoms with Gasteiger partial charge in [-0.05, 0) is 61.9 Å². The maximum Gasteiger partial charge on any atom is 0.164 e. The molecule has 0 bridgehead atoms. The van der Waals surface area contributed by atoms with Gasteiger partial charge >= 0.3 is 0 Å². The number of pyridine rings is 1. The van der Waals surface area contributed by atoms with E-state index >= 15 is 0 Å². The van der Waals surface area contributed by atoms with Gasteiger partial charge in [-0.2, -0.15) is 5.10 Å². The summed E-state index contributed by atoms with van der Waals surface area (Å²) in [5.41, 5.74) is 2.42. The molecule has 2 aliphatic rings. The number of likely N-dealkylation sites (N-methyl/N-ethyl adjacent to an activating group) is 1. The highest BCUT2D eigenvalue weighted by atomic mass is 32.1. The van der Waals surface area contributed by atoms with Crippen molar-refractivity contribution < 1.29 is 0 Å². The van der Waals surface area contributed by atoms with Gasteiger partial charge in [-0.3, -0.25) is 4.98 Å². The van der Waals surface area contributed by atoms with E-state index in [9.17, 15) is 0 Å². The number of hydrogen-bond acceptors (Lipinski definition) is 8. The van der Waals surface area contributed by atoms with Crippen LogP contribution in [-0.4, -0.2) is 51.3 Å². The average molecular weight is 444 g/mol. The zero-order valence-electron chi connectivity index (χ0n) is 18.1. The molecule has 0 aromatic carbocycles. The Morgan fingerprint density at radius 2 is 2.06 bits per heavy atom. The molecule has 1 aliphatic carbocycles. The summed E-state index contributed by atoms with van der Waals surface area (Å²) in [7, 11) is 2.17. The molecule has 8 heteroatoms. The molecule has 5 heterocycles. The summed E-state index contributed by atoms with van der Waals surface area (Å²) < 4.78 is 0. The third-order valence-electron chi connectivity index (χ3n) is 6.54. The van der Waals surface area contributed by atoms with Crippen molar-refractivity contribution in [3.63, 3.8) is 0 Å². The van der Waals surface area contributed by atoms with Crippen LogP contribution in [0.5, 0.6) is 0 Å². The Balaban J connectivity index is 1.39. The van der Waals surface area contributed by atoms with Crippen molar-refractivity contribution in [2.75, 3.05) is 29.9 Å². The highest BCUT2D eigenvalue weighted by molar-refractivity contribution is 7.19. The maximum absolute atomic E-state index is 5.10. The van der Waals surface area contributed by atoms with E-state index in [1.807, 2.05) is 35.7 Å². The van der Waals surface area contributed by atoms with Crippen LogP contribution in [0.3, 0.4) is 0 Å². The Kier molecular flexibility index (Phi) is 4.94. The molecule has 1 atom stereocenters. The molecule has 4 aromatic rings. The highest BCUT2D eigenvalue weighted by Gasteiger charge is 2.29. The molecule has 0 spiro atoms. The Labute approximate surface area is 191 Å². The second kappa shape index (κ2) is 8.09. The minimum atomic E-state index is 0.384. The van der Waals surface area contributed by atoms with Crippen LogP contribution in [-0.2, 0) is 12.8 Å². The number of aromatic nitrogens is 5. The number of fused-ring (bicyclic) bond motifs is 3. The molecule has 0 radical (unpaired) electrons. The maximum atomic E-state index is 5.10. The van der Waals surface area contributed by atoms with E-state index in [-0.39, 0.29) is 0 Å². The molecule has 1 fully saturated rings. The van der Waals surface area contributed by atoms with Gasteiger partial charge in [0, 0.05) is 55.2 Å². The van der Waals surface area contributed by atoms with Crippen molar-refractivity contribution in [2.24, 2.45) is 0 Å². The van der Waals surface area contributed by atoms with E-state index in [1.165, 1.54) is 28.7 Å². The first-order valence-electron chi connectivity index (χ1n) is 11.3. The third kappa shape index (κ3) is 3.39. The molecule has 6 rings (SSSR count). The summed E-state index contributed by atoms with van der Waals surface area (Å²) in [5, 5.41) is 9.70. The topological polar surface area (TPSA) is 70.9 Å². The fraction of sp³-hybridized carbons (Fsp3) is 0.375. The van der Waals surface area contributed by atoms with Gasteiger partial charge < -0.3 is 9.80 Å². The largest absolute Gasteiger partial charge is 0.357 e. The lowest BCUT2D eigenvalue weighted by Crippen LogP contribution is -2.39. The number of anilines is 2. The molecule has 0 N–H and O–H groups in total. The second-order valence-corrected chi connectivity index (χ2v) is 9.69. The summed E-state index contributed by atoms with van der Waals surface area (Å²) in [6, 6.07) is 8.38. The molecule has 1 aliphatic heterocycles. The standard InChI is InChI=1S/C24H25N7S/c1-30(15-17-7-5-13-31(17)20-10-4-12-26-29-20)23-21-18-8-2-9-19(18)32-24(21)28-22(27-23)16-6-3-11-25-14-16/h3-4,6,10-12,14,17H,2,5,7-9,13,15H2,1H3. The third-order valence-corrected chi connectivity index (χ3v) is 7.73. The Morgan fingerprint density at radius 3 is 2.91 bits per heavy atom. The minimum absolute atomic E-state index is 0.384. The fourth-order valence-corrected chi connectivity index (χ4v) is 6.31. The van der Waals surface area contributed by atoms with Gasteiger partial charge in [0.2, 0.25) is 0 Å². The molecule has 7 nitrogen and oxygen atoms in total. The fourth-order valence-electron chi connectivity index (χ4n) is 5.05. The lowest BCUT2D eigenvalue weighted by molar-refractivity contribution is 0.644. The number of nitrogens with zero attached hydrogens (tertiary/aromatic N) is 7. The summed E-state index contributed by atoms with van der Waals surface area (Å²) in [5.74, 6) is 2.76. The van der Waals surface area contributed by atoms with E-state index in [4.69, 9.17) is 9.97 Å². The van der Waals surface area contributed by atoms with Crippen molar-refractivity contribution in [3.05, 3.63) is 53.3 Å². The van der Waals surface area contributed by atoms with Crippen LogP contribution in [0.25, 0.3) is 21.6 Å². The van der Waals surface area contributed by atoms with Crippen molar-refractivity contribution >= 4 is 33.2 Å². The first-order chi connectivity index (χ1) is 15.8. The molecule has 1 unspecified atom stereocenters. The van der Waals surface area contributed by atoms with Crippen molar-refractivity contribution in [2.45, 2.75) is 38.1 Å². The van der Waals surface area contributed by atoms with Crippen LogP contribution in [0.2, 0.25) is 0 Å². The number of rotatable bonds is 5. The lowest BCUT2D eigenvalue weighted by atomic mass is 10.1. The van der Waals surface area contributed by atoms with Gasteiger partial charge in [-0.25, -0.2) is 9.97 Å². The molecular weight excluding hydrogens is 418 g/mol. The van der Waals surface area contributed by atoms with E-state index in [0.29, 0.717) is 6.04 Å². The van der Waals surface area contributed by atoms with E-state index in [2.05, 4.69) is 38.1 Å². The molecule has 32 heavy (non-hydrogen) atoms. The molecule has 0 saturated carbocycles. The quantitative estimate of drug-likeness (QED) is 0.459. The Bertz CT molecular complexity index is 1240. The SMILES string of the molecule is CN(CC1CCCN1c1cccnn1)c1nc(-c2cccnc2)nc2sc3c(c12)CCC3. The monoisotopic (exact) mass is 443 g/mol. The van der Waals surface area contributed by atoms with E-state index in [0.717, 1.165) is 60.2 Å². The zero-order valence-corrected chi connectivity index (χ0v) is 18.9. The van der Waals surface area contributed by atoms with E-state index < -0.39 is 0 Å². The molecule has 162 valence electrons. The molecule has 4 aromatic heterocycles.